The second kappa shape index (κ2) is 9.87. The lowest BCUT2D eigenvalue weighted by molar-refractivity contribution is -0.152. The smallest absolute Gasteiger partial charge is 0.329 e. The number of hydrogen-bond donors (Lipinski definition) is 0. The van der Waals surface area contributed by atoms with Gasteiger partial charge in [-0.2, -0.15) is 5.26 Å². The van der Waals surface area contributed by atoms with Crippen molar-refractivity contribution in [1.82, 2.24) is 0 Å². The number of anilines is 1. The van der Waals surface area contributed by atoms with E-state index in [1.165, 1.54) is 0 Å². The zero-order valence-electron chi connectivity index (χ0n) is 20.4. The predicted octanol–water partition coefficient (Wildman–Crippen LogP) is 5.78. The van der Waals surface area contributed by atoms with Gasteiger partial charge in [0, 0.05) is 17.2 Å². The maximum atomic E-state index is 14.4. The van der Waals surface area contributed by atoms with Crippen LogP contribution in [0.25, 0.3) is 6.08 Å². The van der Waals surface area contributed by atoms with Crippen molar-refractivity contribution in [3.8, 4) is 11.8 Å². The minimum absolute atomic E-state index is 0.126. The number of Topliss-reactive ketones (excluding diaryl/α,β-unsaturated/α-hetero) is 1. The molecule has 7 heteroatoms. The van der Waals surface area contributed by atoms with Gasteiger partial charge in [0.25, 0.3) is 0 Å². The molecule has 37 heavy (non-hydrogen) atoms. The van der Waals surface area contributed by atoms with Gasteiger partial charge in [0.05, 0.1) is 30.3 Å². The van der Waals surface area contributed by atoms with Crippen molar-refractivity contribution >= 4 is 39.4 Å². The maximum absolute atomic E-state index is 14.4. The molecule has 0 aromatic heterocycles. The fourth-order valence-corrected chi connectivity index (χ4v) is 6.18. The molecule has 0 amide bonds. The molecule has 0 bridgehead atoms. The highest BCUT2D eigenvalue weighted by molar-refractivity contribution is 9.10. The number of hydrogen-bond acceptors (Lipinski definition) is 6. The minimum atomic E-state index is -1.65. The summed E-state index contributed by atoms with van der Waals surface area (Å²) in [6.07, 6.45) is 3.77. The summed E-state index contributed by atoms with van der Waals surface area (Å²) in [5, 5.41) is 10.8. The van der Waals surface area contributed by atoms with Gasteiger partial charge in [-0.05, 0) is 58.2 Å². The summed E-state index contributed by atoms with van der Waals surface area (Å²) in [4.78, 5) is 30.1. The zero-order chi connectivity index (χ0) is 26.2. The molecule has 0 N–H and O–H groups in total. The van der Waals surface area contributed by atoms with Gasteiger partial charge in [-0.25, -0.2) is 0 Å². The molecule has 2 aliphatic rings. The first-order valence-electron chi connectivity index (χ1n) is 12.0. The summed E-state index contributed by atoms with van der Waals surface area (Å²) in [6.45, 7) is 1.84. The Bertz CT molecular complexity index is 1430. The first-order chi connectivity index (χ1) is 18.0. The molecule has 3 aromatic rings. The van der Waals surface area contributed by atoms with Crippen molar-refractivity contribution in [2.45, 2.75) is 24.9 Å². The van der Waals surface area contributed by atoms with E-state index in [2.05, 4.69) is 22.0 Å². The number of halogens is 1. The van der Waals surface area contributed by atoms with Gasteiger partial charge >= 0.3 is 5.97 Å². The van der Waals surface area contributed by atoms with Crippen LogP contribution in [0.1, 0.15) is 34.3 Å². The van der Waals surface area contributed by atoms with Crippen LogP contribution < -0.4 is 9.64 Å². The largest absolute Gasteiger partial charge is 0.496 e. The number of nitrogens with zero attached hydrogens (tertiary/aromatic N) is 2. The summed E-state index contributed by atoms with van der Waals surface area (Å²) in [5.74, 6) is -1.01. The van der Waals surface area contributed by atoms with E-state index in [-0.39, 0.29) is 12.4 Å². The lowest BCUT2D eigenvalue weighted by Gasteiger charge is -2.36. The highest BCUT2D eigenvalue weighted by Gasteiger charge is 2.67. The van der Waals surface area contributed by atoms with E-state index < -0.39 is 29.4 Å². The lowest BCUT2D eigenvalue weighted by Crippen LogP contribution is -2.47. The fraction of sp³-hybridized carbons (Fsp3) is 0.233. The van der Waals surface area contributed by atoms with E-state index in [0.717, 1.165) is 16.8 Å². The molecule has 3 aromatic carbocycles. The minimum Gasteiger partial charge on any atom is -0.496 e. The van der Waals surface area contributed by atoms with Crippen molar-refractivity contribution in [2.75, 3.05) is 18.6 Å². The van der Waals surface area contributed by atoms with Gasteiger partial charge in [-0.1, -0.05) is 60.7 Å². The monoisotopic (exact) mass is 556 g/mol. The second-order valence-corrected chi connectivity index (χ2v) is 9.87. The molecule has 5 rings (SSSR count). The summed E-state index contributed by atoms with van der Waals surface area (Å²) < 4.78 is 11.5. The number of carbonyl (C=O) groups excluding carboxylic acids is 2. The van der Waals surface area contributed by atoms with Crippen LogP contribution in [0.2, 0.25) is 0 Å². The molecular formula is C30H25BrN2O4. The van der Waals surface area contributed by atoms with Crippen LogP contribution in [0.5, 0.6) is 5.75 Å². The Labute approximate surface area is 224 Å². The molecule has 4 atom stereocenters. The first kappa shape index (κ1) is 24.8. The van der Waals surface area contributed by atoms with Crippen molar-refractivity contribution in [1.29, 1.82) is 5.26 Å². The molecule has 1 saturated heterocycles. The summed E-state index contributed by atoms with van der Waals surface area (Å²) >= 11 is 3.49. The Morgan fingerprint density at radius 3 is 2.49 bits per heavy atom. The van der Waals surface area contributed by atoms with Crippen molar-refractivity contribution < 1.29 is 19.1 Å². The zero-order valence-corrected chi connectivity index (χ0v) is 22.0. The Balaban J connectivity index is 1.79. The molecular weight excluding hydrogens is 532 g/mol. The Morgan fingerprint density at radius 2 is 1.81 bits per heavy atom. The molecule has 0 aliphatic carbocycles. The number of para-hydroxylation sites is 1. The average Bonchev–Trinajstić information content (AvgIpc) is 3.25. The molecule has 0 radical (unpaired) electrons. The number of esters is 1. The Morgan fingerprint density at radius 1 is 1.08 bits per heavy atom. The van der Waals surface area contributed by atoms with Crippen LogP contribution in [0.4, 0.5) is 5.69 Å². The van der Waals surface area contributed by atoms with Gasteiger partial charge in [-0.3, -0.25) is 9.59 Å². The van der Waals surface area contributed by atoms with Crippen LogP contribution in [0.15, 0.2) is 83.3 Å². The van der Waals surface area contributed by atoms with Gasteiger partial charge < -0.3 is 14.4 Å². The maximum Gasteiger partial charge on any atom is 0.329 e. The molecule has 2 heterocycles. The van der Waals surface area contributed by atoms with Crippen molar-refractivity contribution in [2.24, 2.45) is 5.41 Å². The number of nitriles is 1. The molecule has 6 nitrogen and oxygen atoms in total. The van der Waals surface area contributed by atoms with Gasteiger partial charge in [-0.15, -0.1) is 0 Å². The van der Waals surface area contributed by atoms with E-state index in [1.807, 2.05) is 71.6 Å². The predicted molar refractivity (Wildman–Crippen MR) is 144 cm³/mol. The van der Waals surface area contributed by atoms with Crippen molar-refractivity contribution in [3.05, 3.63) is 100 Å². The second-order valence-electron chi connectivity index (χ2n) is 9.02. The summed E-state index contributed by atoms with van der Waals surface area (Å²) in [7, 11) is 1.56. The van der Waals surface area contributed by atoms with Crippen molar-refractivity contribution in [3.63, 3.8) is 0 Å². The van der Waals surface area contributed by atoms with E-state index >= 15 is 0 Å². The number of ketones is 1. The molecule has 0 spiro atoms. The van der Waals surface area contributed by atoms with Crippen LogP contribution in [0, 0.1) is 16.7 Å². The highest BCUT2D eigenvalue weighted by atomic mass is 79.9. The summed E-state index contributed by atoms with van der Waals surface area (Å²) in [6, 6.07) is 23.0. The molecule has 186 valence electrons. The standard InChI is InChI=1S/C30H25BrN2O4/c1-3-37-29(35)30(18-32)25-16-14-19-9-7-8-12-23(19)33(25)27(26(30)20-10-5-4-6-11-20)28(34)21-13-15-24(36-2)22(31)17-21/h4-17,25-27H,3H2,1-2H3/t25-,26-,27+,30+/m1/s1. The average molecular weight is 557 g/mol. The fourth-order valence-electron chi connectivity index (χ4n) is 5.64. The van der Waals surface area contributed by atoms with E-state index in [9.17, 15) is 14.9 Å². The SMILES string of the molecule is CCOC(=O)[C@]1(C#N)[C@H](c2ccccc2)[C@@H](C(=O)c2ccc(OC)c(Br)c2)N2c3ccccc3C=C[C@@H]21. The van der Waals surface area contributed by atoms with Gasteiger partial charge in [0.1, 0.15) is 11.8 Å². The number of benzene rings is 3. The highest BCUT2D eigenvalue weighted by Crippen LogP contribution is 2.56. The molecule has 2 aliphatic heterocycles. The Kier molecular flexibility index (Phi) is 6.61. The van der Waals surface area contributed by atoms with Gasteiger partial charge in [0.15, 0.2) is 11.2 Å². The number of fused-ring (bicyclic) bond motifs is 3. The lowest BCUT2D eigenvalue weighted by atomic mass is 9.68. The third-order valence-electron chi connectivity index (χ3n) is 7.21. The van der Waals surface area contributed by atoms with Gasteiger partial charge in [0.2, 0.25) is 0 Å². The third kappa shape index (κ3) is 3.84. The van der Waals surface area contributed by atoms with E-state index in [1.54, 1.807) is 32.2 Å². The quantitative estimate of drug-likeness (QED) is 0.283. The first-order valence-corrected chi connectivity index (χ1v) is 12.8. The van der Waals surface area contributed by atoms with E-state index in [4.69, 9.17) is 9.47 Å². The molecule has 1 fully saturated rings. The van der Waals surface area contributed by atoms with Crippen LogP contribution in [-0.4, -0.2) is 37.6 Å². The third-order valence-corrected chi connectivity index (χ3v) is 7.83. The Hall–Kier alpha value is -3.89. The number of ether oxygens (including phenoxy) is 2. The topological polar surface area (TPSA) is 79.6 Å². The normalized spacial score (nSPS) is 23.5. The van der Waals surface area contributed by atoms with Crippen LogP contribution in [-0.2, 0) is 9.53 Å². The number of carbonyl (C=O) groups is 2. The number of methoxy groups -OCH3 is 1. The van der Waals surface area contributed by atoms with E-state index in [0.29, 0.717) is 15.8 Å². The molecule has 0 unspecified atom stereocenters. The summed E-state index contributed by atoms with van der Waals surface area (Å²) in [5.41, 5.74) is 1.23. The number of rotatable bonds is 6. The van der Waals surface area contributed by atoms with Crippen LogP contribution in [0.3, 0.4) is 0 Å². The van der Waals surface area contributed by atoms with Crippen LogP contribution >= 0.6 is 15.9 Å². The molecule has 0 saturated carbocycles.